The predicted molar refractivity (Wildman–Crippen MR) is 150 cm³/mol. The topological polar surface area (TPSA) is 216 Å². The molecule has 1 fully saturated rings. The normalized spacial score (nSPS) is 22.0. The Morgan fingerprint density at radius 3 is 2.73 bits per heavy atom. The Balaban J connectivity index is 1.27. The van der Waals surface area contributed by atoms with Gasteiger partial charge in [-0.2, -0.15) is 5.09 Å². The number of esters is 1. The van der Waals surface area contributed by atoms with Crippen molar-refractivity contribution in [2.24, 2.45) is 0 Å². The molecule has 0 amide bonds. The molecular weight excluding hydrogens is 606 g/mol. The van der Waals surface area contributed by atoms with Gasteiger partial charge in [-0.25, -0.2) is 18.9 Å². The molecule has 5 rings (SSSR count). The van der Waals surface area contributed by atoms with Gasteiger partial charge in [0.15, 0.2) is 12.4 Å². The quantitative estimate of drug-likeness (QED) is 0.0882. The van der Waals surface area contributed by atoms with Crippen LogP contribution in [0, 0.1) is 17.0 Å². The largest absolute Gasteiger partial charge is 0.459 e. The van der Waals surface area contributed by atoms with Crippen LogP contribution in [0.25, 0.3) is 11.0 Å². The zero-order chi connectivity index (χ0) is 31.6. The number of aliphatic hydroxyl groups excluding tert-OH is 1. The van der Waals surface area contributed by atoms with Gasteiger partial charge in [0.25, 0.3) is 0 Å². The summed E-state index contributed by atoms with van der Waals surface area (Å²) in [6, 6.07) is 10.6. The number of aromatic nitrogens is 3. The molecule has 0 aliphatic carbocycles. The first-order valence-corrected chi connectivity index (χ1v) is 14.7. The summed E-state index contributed by atoms with van der Waals surface area (Å²) in [7, 11) is -4.41. The van der Waals surface area contributed by atoms with Crippen LogP contribution in [-0.4, -0.2) is 61.6 Å². The fraction of sp³-hybridized carbons (Fsp3) is 0.346. The number of ether oxygens (including phenoxy) is 2. The summed E-state index contributed by atoms with van der Waals surface area (Å²) in [5, 5.41) is 24.4. The minimum Gasteiger partial charge on any atom is -0.456 e. The van der Waals surface area contributed by atoms with E-state index < -0.39 is 68.4 Å². The molecule has 4 aromatic rings. The fourth-order valence-electron chi connectivity index (χ4n) is 4.42. The maximum Gasteiger partial charge on any atom is 0.459 e. The number of carbonyl (C=O) groups is 1. The third-order valence-corrected chi connectivity index (χ3v) is 8.19. The number of benzene rings is 1. The number of aryl methyl sites for hydroxylation is 1. The second-order valence-corrected chi connectivity index (χ2v) is 11.5. The predicted octanol–water partition coefficient (Wildman–Crippen LogP) is 3.34. The van der Waals surface area contributed by atoms with E-state index in [4.69, 9.17) is 28.7 Å². The van der Waals surface area contributed by atoms with Gasteiger partial charge >= 0.3 is 19.6 Å². The second kappa shape index (κ2) is 12.7. The number of rotatable bonds is 12. The molecule has 16 nitrogen and oxygen atoms in total. The Kier molecular flexibility index (Phi) is 8.94. The van der Waals surface area contributed by atoms with Crippen LogP contribution in [0.1, 0.15) is 24.7 Å². The molecule has 4 N–H and O–H groups in total. The monoisotopic (exact) mass is 634 g/mol. The number of carbonyl (C=O) groups excluding carboxylic acids is 1. The number of nitrogen functional groups attached to an aromatic ring is 1. The first-order chi connectivity index (χ1) is 20.9. The van der Waals surface area contributed by atoms with Gasteiger partial charge in [0.2, 0.25) is 0 Å². The number of hydrogen-bond donors (Lipinski definition) is 3. The van der Waals surface area contributed by atoms with Crippen molar-refractivity contribution >= 4 is 36.5 Å². The lowest BCUT2D eigenvalue weighted by atomic mass is 10.1. The Morgan fingerprint density at radius 2 is 2.02 bits per heavy atom. The molecule has 1 saturated heterocycles. The zero-order valence-corrected chi connectivity index (χ0v) is 24.2. The van der Waals surface area contributed by atoms with Crippen LogP contribution in [-0.2, 0) is 30.0 Å². The highest BCUT2D eigenvalue weighted by molar-refractivity contribution is 7.52. The summed E-state index contributed by atoms with van der Waals surface area (Å²) >= 11 is 0. The van der Waals surface area contributed by atoms with Crippen LogP contribution < -0.4 is 15.3 Å². The van der Waals surface area contributed by atoms with Crippen LogP contribution in [0.15, 0.2) is 59.1 Å². The molecule has 1 aliphatic heterocycles. The maximum absolute atomic E-state index is 15.3. The Hall–Kier alpha value is -4.41. The maximum atomic E-state index is 15.3. The SMILES string of the molecule is Cc1nc(N)c2ccn([C@@H]3O[C@H](COP(=O)(N[C@@H](C)C(=O)OCc4ccc([N+](=O)[O-])o4)Oc4ccccc4)C(O)[C@H]3F)c2n1. The lowest BCUT2D eigenvalue weighted by molar-refractivity contribution is -0.402. The number of nitro groups is 1. The number of nitrogens with two attached hydrogens (primary N) is 1. The third-order valence-electron chi connectivity index (χ3n) is 6.55. The minimum atomic E-state index is -4.41. The van der Waals surface area contributed by atoms with E-state index in [1.165, 1.54) is 35.9 Å². The van der Waals surface area contributed by atoms with Crippen LogP contribution in [0.2, 0.25) is 0 Å². The zero-order valence-electron chi connectivity index (χ0n) is 23.3. The molecule has 1 aliphatic rings. The molecular formula is C26H28FN6O10P. The number of fused-ring (bicyclic) bond motifs is 1. The smallest absolute Gasteiger partial charge is 0.456 e. The highest BCUT2D eigenvalue weighted by Crippen LogP contribution is 2.46. The van der Waals surface area contributed by atoms with Crippen molar-refractivity contribution in [3.05, 3.63) is 76.4 Å². The molecule has 4 heterocycles. The molecule has 1 aromatic carbocycles. The van der Waals surface area contributed by atoms with E-state index in [0.29, 0.717) is 16.9 Å². The van der Waals surface area contributed by atoms with Gasteiger partial charge in [0.05, 0.1) is 18.1 Å². The molecule has 0 radical (unpaired) electrons. The minimum absolute atomic E-state index is 0.0136. The van der Waals surface area contributed by atoms with E-state index in [9.17, 15) is 24.6 Å². The number of nitrogens with one attached hydrogen (secondary N) is 1. The van der Waals surface area contributed by atoms with E-state index in [0.717, 1.165) is 6.07 Å². The highest BCUT2D eigenvalue weighted by Gasteiger charge is 2.47. The van der Waals surface area contributed by atoms with Crippen LogP contribution in [0.5, 0.6) is 5.75 Å². The van der Waals surface area contributed by atoms with Gasteiger partial charge in [-0.3, -0.25) is 19.4 Å². The second-order valence-electron chi connectivity index (χ2n) is 9.77. The van der Waals surface area contributed by atoms with Crippen LogP contribution in [0.3, 0.4) is 0 Å². The number of hydrogen-bond acceptors (Lipinski definition) is 13. The molecule has 234 valence electrons. The van der Waals surface area contributed by atoms with E-state index in [1.54, 1.807) is 31.2 Å². The van der Waals surface area contributed by atoms with Crippen molar-refractivity contribution < 1.29 is 46.7 Å². The first-order valence-electron chi connectivity index (χ1n) is 13.2. The molecule has 18 heteroatoms. The van der Waals surface area contributed by atoms with Gasteiger partial charge in [0, 0.05) is 6.20 Å². The number of alkyl halides is 1. The first kappa shape index (κ1) is 31.0. The van der Waals surface area contributed by atoms with Crippen molar-refractivity contribution in [2.75, 3.05) is 12.3 Å². The summed E-state index contributed by atoms with van der Waals surface area (Å²) in [5.74, 6) is -0.757. The van der Waals surface area contributed by atoms with Crippen molar-refractivity contribution in [3.63, 3.8) is 0 Å². The van der Waals surface area contributed by atoms with Gasteiger partial charge in [-0.1, -0.05) is 18.2 Å². The van der Waals surface area contributed by atoms with Crippen molar-refractivity contribution in [1.82, 2.24) is 19.6 Å². The number of anilines is 1. The average Bonchev–Trinajstić information content (AvgIpc) is 3.70. The molecule has 0 bridgehead atoms. The summed E-state index contributed by atoms with van der Waals surface area (Å²) < 4.78 is 57.5. The Morgan fingerprint density at radius 1 is 1.27 bits per heavy atom. The van der Waals surface area contributed by atoms with E-state index in [1.807, 2.05) is 0 Å². The van der Waals surface area contributed by atoms with Crippen molar-refractivity contribution in [1.29, 1.82) is 0 Å². The third kappa shape index (κ3) is 6.71. The molecule has 44 heavy (non-hydrogen) atoms. The number of furan rings is 1. The molecule has 2 unspecified atom stereocenters. The van der Waals surface area contributed by atoms with Gasteiger partial charge in [-0.05, 0) is 38.1 Å². The van der Waals surface area contributed by atoms with Gasteiger partial charge < -0.3 is 33.8 Å². The summed E-state index contributed by atoms with van der Waals surface area (Å²) in [6.07, 6.45) is -4.74. The molecule has 6 atom stereocenters. The van der Waals surface area contributed by atoms with Gasteiger partial charge in [-0.15, -0.1) is 0 Å². The van der Waals surface area contributed by atoms with E-state index >= 15 is 4.39 Å². The lowest BCUT2D eigenvalue weighted by Gasteiger charge is -2.24. The Labute approximate surface area is 248 Å². The highest BCUT2D eigenvalue weighted by atomic mass is 31.2. The molecule has 0 spiro atoms. The number of halogens is 1. The summed E-state index contributed by atoms with van der Waals surface area (Å²) in [5.41, 5.74) is 6.25. The van der Waals surface area contributed by atoms with Gasteiger partial charge in [0.1, 0.15) is 58.6 Å². The molecule has 0 saturated carbocycles. The average molecular weight is 635 g/mol. The van der Waals surface area contributed by atoms with Crippen molar-refractivity contribution in [3.8, 4) is 5.75 Å². The number of nitrogens with zero attached hydrogens (tertiary/aromatic N) is 4. The lowest BCUT2D eigenvalue weighted by Crippen LogP contribution is -2.37. The number of para-hydroxylation sites is 1. The van der Waals surface area contributed by atoms with E-state index in [2.05, 4.69) is 15.1 Å². The van der Waals surface area contributed by atoms with Crippen LogP contribution >= 0.6 is 7.75 Å². The summed E-state index contributed by atoms with van der Waals surface area (Å²) in [4.78, 5) is 31.1. The Bertz CT molecular complexity index is 1700. The summed E-state index contributed by atoms with van der Waals surface area (Å²) in [6.45, 7) is 1.90. The fourth-order valence-corrected chi connectivity index (χ4v) is 5.92. The molecule has 3 aromatic heterocycles. The standard InChI is InChI=1S/C26H28FN6O10P/c1-14(26(35)39-12-17-8-9-20(41-17)33(36)37)31-44(38,43-16-6-4-3-5-7-16)40-13-19-22(34)21(27)25(42-19)32-11-10-18-23(28)29-15(2)30-24(18)32/h3-11,14,19,21-22,25,34H,12-13H2,1-2H3,(H,31,38)(H2,28,29,30)/t14-,19+,21+,22?,25+,44?/m0/s1. The number of aliphatic hydroxyl groups is 1. The van der Waals surface area contributed by atoms with E-state index in [-0.39, 0.29) is 17.3 Å². The van der Waals surface area contributed by atoms with Crippen LogP contribution in [0.4, 0.5) is 16.1 Å². The van der Waals surface area contributed by atoms with Crippen molar-refractivity contribution in [2.45, 2.75) is 51.1 Å².